The molecule has 0 spiro atoms. The van der Waals surface area contributed by atoms with E-state index in [1.807, 2.05) is 26.0 Å². The van der Waals surface area contributed by atoms with Gasteiger partial charge in [-0.25, -0.2) is 4.79 Å². The lowest BCUT2D eigenvalue weighted by Crippen LogP contribution is -2.50. The van der Waals surface area contributed by atoms with Crippen LogP contribution in [0, 0.1) is 0 Å². The summed E-state index contributed by atoms with van der Waals surface area (Å²) >= 11 is 0. The minimum absolute atomic E-state index is 0.0105. The Kier molecular flexibility index (Phi) is 4.23. The second-order valence-electron chi connectivity index (χ2n) is 6.89. The fraction of sp³-hybridized carbons (Fsp3) is 0.625. The Hall–Kier alpha value is -1.62. The quantitative estimate of drug-likeness (QED) is 0.931. The molecule has 5 heteroatoms. The lowest BCUT2D eigenvalue weighted by atomic mass is 9.94. The van der Waals surface area contributed by atoms with E-state index in [9.17, 15) is 4.79 Å². The molecule has 1 N–H and O–H groups in total. The topological polar surface area (TPSA) is 54.5 Å². The molecule has 1 fully saturated rings. The fourth-order valence-electron chi connectivity index (χ4n) is 2.88. The van der Waals surface area contributed by atoms with Crippen molar-refractivity contribution in [3.05, 3.63) is 30.1 Å². The van der Waals surface area contributed by atoms with Crippen LogP contribution in [0.25, 0.3) is 0 Å². The van der Waals surface area contributed by atoms with Crippen molar-refractivity contribution >= 4 is 6.03 Å². The summed E-state index contributed by atoms with van der Waals surface area (Å²) in [4.78, 5) is 18.1. The molecule has 1 aromatic heterocycles. The number of ether oxygens (including phenoxy) is 1. The molecule has 1 aliphatic heterocycles. The van der Waals surface area contributed by atoms with E-state index < -0.39 is 0 Å². The first-order chi connectivity index (χ1) is 9.70. The van der Waals surface area contributed by atoms with Crippen LogP contribution >= 0.6 is 0 Å². The molecule has 2 heterocycles. The molecule has 21 heavy (non-hydrogen) atoms. The number of amides is 2. The van der Waals surface area contributed by atoms with Gasteiger partial charge >= 0.3 is 6.03 Å². The number of nitrogens with zero attached hydrogens (tertiary/aromatic N) is 2. The van der Waals surface area contributed by atoms with E-state index in [2.05, 4.69) is 24.1 Å². The summed E-state index contributed by atoms with van der Waals surface area (Å²) in [6.45, 7) is 8.69. The zero-order chi connectivity index (χ0) is 15.7. The Bertz CT molecular complexity index is 500. The van der Waals surface area contributed by atoms with Crippen LogP contribution in [0.3, 0.4) is 0 Å². The lowest BCUT2D eigenvalue weighted by molar-refractivity contribution is -0.0692. The number of urea groups is 1. The molecule has 0 aromatic carbocycles. The van der Waals surface area contributed by atoms with Gasteiger partial charge in [0.2, 0.25) is 0 Å². The fourth-order valence-corrected chi connectivity index (χ4v) is 2.88. The number of hydrogen-bond donors (Lipinski definition) is 1. The molecule has 1 saturated heterocycles. The second kappa shape index (κ2) is 5.64. The zero-order valence-corrected chi connectivity index (χ0v) is 13.5. The highest BCUT2D eigenvalue weighted by Gasteiger charge is 2.46. The van der Waals surface area contributed by atoms with Gasteiger partial charge < -0.3 is 15.0 Å². The van der Waals surface area contributed by atoms with Crippen LogP contribution < -0.4 is 5.32 Å². The summed E-state index contributed by atoms with van der Waals surface area (Å²) in [7, 11) is 1.79. The first-order valence-corrected chi connectivity index (χ1v) is 7.30. The number of pyridine rings is 1. The van der Waals surface area contributed by atoms with Crippen LogP contribution in [-0.4, -0.2) is 40.2 Å². The number of carbonyl (C=O) groups excluding carboxylic acids is 1. The van der Waals surface area contributed by atoms with E-state index >= 15 is 0 Å². The molecule has 116 valence electrons. The smallest absolute Gasteiger partial charge is 0.317 e. The van der Waals surface area contributed by atoms with E-state index in [0.717, 1.165) is 12.0 Å². The average Bonchev–Trinajstić information content (AvgIpc) is 2.58. The van der Waals surface area contributed by atoms with Crippen molar-refractivity contribution in [3.8, 4) is 0 Å². The van der Waals surface area contributed by atoms with Gasteiger partial charge in [0, 0.05) is 26.0 Å². The van der Waals surface area contributed by atoms with Crippen molar-refractivity contribution in [2.45, 2.75) is 57.9 Å². The van der Waals surface area contributed by atoms with Gasteiger partial charge in [0.1, 0.15) is 0 Å². The van der Waals surface area contributed by atoms with Crippen LogP contribution in [0.1, 0.15) is 39.7 Å². The highest BCUT2D eigenvalue weighted by molar-refractivity contribution is 5.74. The Morgan fingerprint density at radius 2 is 2.19 bits per heavy atom. The third kappa shape index (κ3) is 3.94. The SMILES string of the molecule is CN(Cc1cccnc1)C(=O)N[C@@H]1CC(C)(C)OC1(C)C. The molecular weight excluding hydrogens is 266 g/mol. The van der Waals surface area contributed by atoms with Crippen molar-refractivity contribution in [1.82, 2.24) is 15.2 Å². The van der Waals surface area contributed by atoms with Crippen LogP contribution in [0.4, 0.5) is 4.79 Å². The van der Waals surface area contributed by atoms with Crippen molar-refractivity contribution < 1.29 is 9.53 Å². The summed E-state index contributed by atoms with van der Waals surface area (Å²) in [6.07, 6.45) is 4.31. The summed E-state index contributed by atoms with van der Waals surface area (Å²) in [6, 6.07) is 3.76. The maximum absolute atomic E-state index is 12.3. The molecule has 0 bridgehead atoms. The van der Waals surface area contributed by atoms with Gasteiger partial charge in [0.15, 0.2) is 0 Å². The number of aromatic nitrogens is 1. The van der Waals surface area contributed by atoms with E-state index in [-0.39, 0.29) is 23.3 Å². The normalized spacial score (nSPS) is 22.8. The first-order valence-electron chi connectivity index (χ1n) is 7.30. The lowest BCUT2D eigenvalue weighted by Gasteiger charge is -2.29. The van der Waals surface area contributed by atoms with Gasteiger partial charge in [-0.1, -0.05) is 6.07 Å². The average molecular weight is 291 g/mol. The highest BCUT2D eigenvalue weighted by Crippen LogP contribution is 2.37. The monoisotopic (exact) mass is 291 g/mol. The Morgan fingerprint density at radius 3 is 2.71 bits per heavy atom. The summed E-state index contributed by atoms with van der Waals surface area (Å²) in [5, 5.41) is 3.09. The standard InChI is InChI=1S/C16H25N3O2/c1-15(2)9-13(16(3,4)21-15)18-14(20)19(5)11-12-7-6-8-17-10-12/h6-8,10,13H,9,11H2,1-5H3,(H,18,20)/t13-/m1/s1. The molecule has 0 aliphatic carbocycles. The molecule has 5 nitrogen and oxygen atoms in total. The molecule has 2 rings (SSSR count). The van der Waals surface area contributed by atoms with E-state index in [1.54, 1.807) is 24.3 Å². The Balaban J connectivity index is 1.95. The first kappa shape index (κ1) is 15.8. The molecule has 1 atom stereocenters. The van der Waals surface area contributed by atoms with Crippen LogP contribution in [0.5, 0.6) is 0 Å². The molecule has 1 aliphatic rings. The molecular formula is C16H25N3O2. The van der Waals surface area contributed by atoms with E-state index in [4.69, 9.17) is 4.74 Å². The van der Waals surface area contributed by atoms with Crippen molar-refractivity contribution in [1.29, 1.82) is 0 Å². The minimum Gasteiger partial charge on any atom is -0.367 e. The number of rotatable bonds is 3. The summed E-state index contributed by atoms with van der Waals surface area (Å²) in [5.41, 5.74) is 0.454. The van der Waals surface area contributed by atoms with Crippen molar-refractivity contribution in [2.24, 2.45) is 0 Å². The largest absolute Gasteiger partial charge is 0.367 e. The maximum Gasteiger partial charge on any atom is 0.317 e. The molecule has 1 aromatic rings. The van der Waals surface area contributed by atoms with Crippen molar-refractivity contribution in [3.63, 3.8) is 0 Å². The zero-order valence-electron chi connectivity index (χ0n) is 13.5. The van der Waals surface area contributed by atoms with Gasteiger partial charge in [-0.2, -0.15) is 0 Å². The number of carbonyl (C=O) groups is 1. The van der Waals surface area contributed by atoms with Gasteiger partial charge in [-0.15, -0.1) is 0 Å². The van der Waals surface area contributed by atoms with Crippen LogP contribution in [-0.2, 0) is 11.3 Å². The third-order valence-corrected chi connectivity index (χ3v) is 3.86. The third-order valence-electron chi connectivity index (χ3n) is 3.86. The molecule has 2 amide bonds. The molecule has 0 saturated carbocycles. The molecule has 0 radical (unpaired) electrons. The van der Waals surface area contributed by atoms with Gasteiger partial charge in [0.25, 0.3) is 0 Å². The maximum atomic E-state index is 12.3. The van der Waals surface area contributed by atoms with Gasteiger partial charge in [0.05, 0.1) is 17.2 Å². The number of nitrogens with one attached hydrogen (secondary N) is 1. The summed E-state index contributed by atoms with van der Waals surface area (Å²) in [5.74, 6) is 0. The van der Waals surface area contributed by atoms with Gasteiger partial charge in [-0.05, 0) is 45.7 Å². The highest BCUT2D eigenvalue weighted by atomic mass is 16.5. The Labute approximate surface area is 126 Å². The summed E-state index contributed by atoms with van der Waals surface area (Å²) < 4.78 is 6.00. The minimum atomic E-state index is -0.353. The predicted molar refractivity (Wildman–Crippen MR) is 81.9 cm³/mol. The van der Waals surface area contributed by atoms with Gasteiger partial charge in [-0.3, -0.25) is 4.98 Å². The molecule has 0 unspecified atom stereocenters. The van der Waals surface area contributed by atoms with E-state index in [0.29, 0.717) is 6.54 Å². The van der Waals surface area contributed by atoms with Crippen LogP contribution in [0.2, 0.25) is 0 Å². The van der Waals surface area contributed by atoms with Crippen LogP contribution in [0.15, 0.2) is 24.5 Å². The Morgan fingerprint density at radius 1 is 1.48 bits per heavy atom. The second-order valence-corrected chi connectivity index (χ2v) is 6.89. The van der Waals surface area contributed by atoms with E-state index in [1.165, 1.54) is 0 Å². The van der Waals surface area contributed by atoms with Crippen molar-refractivity contribution in [2.75, 3.05) is 7.05 Å². The predicted octanol–water partition coefficient (Wildman–Crippen LogP) is 2.57. The number of hydrogen-bond acceptors (Lipinski definition) is 3.